The number of nitrogens with zero attached hydrogens (tertiary/aromatic N) is 2. The summed E-state index contributed by atoms with van der Waals surface area (Å²) in [6.45, 7) is 6.68. The summed E-state index contributed by atoms with van der Waals surface area (Å²) in [5.74, 6) is 0.655. The van der Waals surface area contributed by atoms with E-state index in [1.807, 2.05) is 19.9 Å². The smallest absolute Gasteiger partial charge is 0.165 e. The fraction of sp³-hybridized carbons (Fsp3) is 0.389. The zero-order chi connectivity index (χ0) is 17.1. The van der Waals surface area contributed by atoms with E-state index in [1.54, 1.807) is 18.3 Å². The molecule has 0 spiro atoms. The van der Waals surface area contributed by atoms with Gasteiger partial charge in [0.25, 0.3) is 0 Å². The molecule has 5 nitrogen and oxygen atoms in total. The number of rotatable bonds is 4. The molecule has 0 aliphatic carbocycles. The number of pyridine rings is 1. The average molecular weight is 331 g/mol. The van der Waals surface area contributed by atoms with E-state index in [0.29, 0.717) is 30.0 Å². The number of benzene rings is 1. The Morgan fingerprint density at radius 1 is 1.25 bits per heavy atom. The first-order valence-electron chi connectivity index (χ1n) is 8.09. The molecule has 0 bridgehead atoms. The number of nitrogens with two attached hydrogens (primary N) is 1. The summed E-state index contributed by atoms with van der Waals surface area (Å²) >= 11 is 0. The van der Waals surface area contributed by atoms with E-state index in [-0.39, 0.29) is 11.9 Å². The molecule has 128 valence electrons. The Balaban J connectivity index is 1.85. The summed E-state index contributed by atoms with van der Waals surface area (Å²) in [6.07, 6.45) is 1.61. The molecule has 1 fully saturated rings. The Morgan fingerprint density at radius 2 is 2.00 bits per heavy atom. The maximum atomic E-state index is 14.2. The molecular formula is C18H22FN3O2. The lowest BCUT2D eigenvalue weighted by molar-refractivity contribution is 0.122. The molecule has 0 amide bonds. The summed E-state index contributed by atoms with van der Waals surface area (Å²) in [4.78, 5) is 6.61. The molecule has 1 aromatic carbocycles. The second kappa shape index (κ2) is 7.05. The Labute approximate surface area is 141 Å². The average Bonchev–Trinajstić information content (AvgIpc) is 2.57. The number of morpholine rings is 1. The van der Waals surface area contributed by atoms with Crippen molar-refractivity contribution in [2.24, 2.45) is 0 Å². The van der Waals surface area contributed by atoms with Crippen LogP contribution in [0, 0.1) is 5.82 Å². The fourth-order valence-corrected chi connectivity index (χ4v) is 2.68. The Kier molecular flexibility index (Phi) is 4.85. The molecule has 0 unspecified atom stereocenters. The van der Waals surface area contributed by atoms with E-state index >= 15 is 0 Å². The summed E-state index contributed by atoms with van der Waals surface area (Å²) in [6, 6.07) is 6.68. The summed E-state index contributed by atoms with van der Waals surface area (Å²) in [7, 11) is 0. The maximum absolute atomic E-state index is 14.2. The van der Waals surface area contributed by atoms with Gasteiger partial charge in [0.1, 0.15) is 5.82 Å². The van der Waals surface area contributed by atoms with Gasteiger partial charge < -0.3 is 20.1 Å². The van der Waals surface area contributed by atoms with Crippen LogP contribution in [0.2, 0.25) is 0 Å². The van der Waals surface area contributed by atoms with Gasteiger partial charge in [0.15, 0.2) is 11.6 Å². The Bertz CT molecular complexity index is 715. The standard InChI is InChI=1S/C18H22FN3O2/c1-12(2)24-17-4-3-13(9-15(17)19)14-11-21-18(10-16(14)20)22-5-7-23-8-6-22/h3-4,9-12H,5-8H2,1-2H3,(H2,20,21). The van der Waals surface area contributed by atoms with Crippen LogP contribution in [0.1, 0.15) is 13.8 Å². The monoisotopic (exact) mass is 331 g/mol. The van der Waals surface area contributed by atoms with Gasteiger partial charge in [-0.15, -0.1) is 0 Å². The van der Waals surface area contributed by atoms with E-state index in [9.17, 15) is 4.39 Å². The van der Waals surface area contributed by atoms with Crippen molar-refractivity contribution in [3.05, 3.63) is 36.3 Å². The number of halogens is 1. The zero-order valence-corrected chi connectivity index (χ0v) is 14.0. The molecule has 1 aliphatic heterocycles. The second-order valence-electron chi connectivity index (χ2n) is 6.04. The van der Waals surface area contributed by atoms with Crippen molar-refractivity contribution in [3.63, 3.8) is 0 Å². The minimum Gasteiger partial charge on any atom is -0.488 e. The van der Waals surface area contributed by atoms with Crippen molar-refractivity contribution in [1.29, 1.82) is 0 Å². The van der Waals surface area contributed by atoms with Crippen molar-refractivity contribution in [2.75, 3.05) is 36.9 Å². The predicted octanol–water partition coefficient (Wildman–Crippen LogP) is 3.09. The van der Waals surface area contributed by atoms with Gasteiger partial charge in [-0.3, -0.25) is 0 Å². The van der Waals surface area contributed by atoms with Crippen LogP contribution in [0.5, 0.6) is 5.75 Å². The van der Waals surface area contributed by atoms with Crippen LogP contribution in [-0.4, -0.2) is 37.4 Å². The van der Waals surface area contributed by atoms with Crippen LogP contribution < -0.4 is 15.4 Å². The topological polar surface area (TPSA) is 60.6 Å². The van der Waals surface area contributed by atoms with Gasteiger partial charge in [-0.1, -0.05) is 6.07 Å². The summed E-state index contributed by atoms with van der Waals surface area (Å²) < 4.78 is 25.0. The highest BCUT2D eigenvalue weighted by atomic mass is 19.1. The predicted molar refractivity (Wildman–Crippen MR) is 92.8 cm³/mol. The molecule has 0 radical (unpaired) electrons. The molecular weight excluding hydrogens is 309 g/mol. The van der Waals surface area contributed by atoms with Crippen LogP contribution in [0.15, 0.2) is 30.5 Å². The summed E-state index contributed by atoms with van der Waals surface area (Å²) in [5.41, 5.74) is 8.14. The van der Waals surface area contributed by atoms with Gasteiger partial charge in [-0.05, 0) is 31.5 Å². The van der Waals surface area contributed by atoms with E-state index < -0.39 is 5.82 Å². The molecule has 3 rings (SSSR count). The molecule has 2 aromatic rings. The van der Waals surface area contributed by atoms with Crippen molar-refractivity contribution < 1.29 is 13.9 Å². The van der Waals surface area contributed by atoms with Crippen LogP contribution >= 0.6 is 0 Å². The van der Waals surface area contributed by atoms with Crippen LogP contribution in [-0.2, 0) is 4.74 Å². The lowest BCUT2D eigenvalue weighted by atomic mass is 10.1. The number of hydrogen-bond acceptors (Lipinski definition) is 5. The van der Waals surface area contributed by atoms with Gasteiger partial charge in [-0.2, -0.15) is 0 Å². The minimum atomic E-state index is -0.405. The maximum Gasteiger partial charge on any atom is 0.165 e. The number of nitrogen functional groups attached to an aromatic ring is 1. The quantitative estimate of drug-likeness (QED) is 0.933. The fourth-order valence-electron chi connectivity index (χ4n) is 2.68. The number of anilines is 2. The lowest BCUT2D eigenvalue weighted by Crippen LogP contribution is -2.36. The SMILES string of the molecule is CC(C)Oc1ccc(-c2cnc(N3CCOCC3)cc2N)cc1F. The largest absolute Gasteiger partial charge is 0.488 e. The highest BCUT2D eigenvalue weighted by Crippen LogP contribution is 2.31. The zero-order valence-electron chi connectivity index (χ0n) is 14.0. The third-order valence-electron chi connectivity index (χ3n) is 3.86. The first kappa shape index (κ1) is 16.5. The van der Waals surface area contributed by atoms with Crippen molar-refractivity contribution in [2.45, 2.75) is 20.0 Å². The van der Waals surface area contributed by atoms with E-state index in [2.05, 4.69) is 9.88 Å². The first-order valence-corrected chi connectivity index (χ1v) is 8.09. The Morgan fingerprint density at radius 3 is 2.62 bits per heavy atom. The van der Waals surface area contributed by atoms with Gasteiger partial charge >= 0.3 is 0 Å². The van der Waals surface area contributed by atoms with Crippen LogP contribution in [0.4, 0.5) is 15.9 Å². The van der Waals surface area contributed by atoms with E-state index in [4.69, 9.17) is 15.2 Å². The molecule has 24 heavy (non-hydrogen) atoms. The minimum absolute atomic E-state index is 0.0788. The molecule has 6 heteroatoms. The van der Waals surface area contributed by atoms with Crippen molar-refractivity contribution in [3.8, 4) is 16.9 Å². The number of aromatic nitrogens is 1. The molecule has 0 saturated carbocycles. The number of ether oxygens (including phenoxy) is 2. The molecule has 1 saturated heterocycles. The normalized spacial score (nSPS) is 14.9. The van der Waals surface area contributed by atoms with Gasteiger partial charge in [0.05, 0.1) is 19.3 Å². The third kappa shape index (κ3) is 3.59. The molecule has 1 aromatic heterocycles. The van der Waals surface area contributed by atoms with E-state index in [1.165, 1.54) is 6.07 Å². The van der Waals surface area contributed by atoms with Crippen molar-refractivity contribution in [1.82, 2.24) is 4.98 Å². The van der Waals surface area contributed by atoms with Gasteiger partial charge in [0, 0.05) is 36.6 Å². The van der Waals surface area contributed by atoms with Crippen LogP contribution in [0.3, 0.4) is 0 Å². The van der Waals surface area contributed by atoms with Crippen LogP contribution in [0.25, 0.3) is 11.1 Å². The van der Waals surface area contributed by atoms with Gasteiger partial charge in [-0.25, -0.2) is 9.37 Å². The molecule has 2 heterocycles. The Hall–Kier alpha value is -2.34. The third-order valence-corrected chi connectivity index (χ3v) is 3.86. The number of hydrogen-bond donors (Lipinski definition) is 1. The lowest BCUT2D eigenvalue weighted by Gasteiger charge is -2.28. The van der Waals surface area contributed by atoms with Crippen molar-refractivity contribution >= 4 is 11.5 Å². The van der Waals surface area contributed by atoms with E-state index in [0.717, 1.165) is 18.9 Å². The highest BCUT2D eigenvalue weighted by Gasteiger charge is 2.15. The first-order chi connectivity index (χ1) is 11.5. The highest BCUT2D eigenvalue weighted by molar-refractivity contribution is 5.77. The summed E-state index contributed by atoms with van der Waals surface area (Å²) in [5, 5.41) is 0. The van der Waals surface area contributed by atoms with Gasteiger partial charge in [0.2, 0.25) is 0 Å². The molecule has 1 aliphatic rings. The molecule has 0 atom stereocenters. The molecule has 2 N–H and O–H groups in total. The second-order valence-corrected chi connectivity index (χ2v) is 6.04.